The first kappa shape index (κ1) is 10.6. The van der Waals surface area contributed by atoms with Crippen LogP contribution >= 0.6 is 23.2 Å². The Balaban J connectivity index is 2.26. The van der Waals surface area contributed by atoms with E-state index in [1.54, 1.807) is 12.1 Å². The maximum atomic E-state index is 6.10. The van der Waals surface area contributed by atoms with Gasteiger partial charge in [-0.05, 0) is 23.8 Å². The van der Waals surface area contributed by atoms with Crippen LogP contribution in [0.2, 0.25) is 10.0 Å². The smallest absolute Gasteiger partial charge is 0.188 e. The Labute approximate surface area is 98.3 Å². The van der Waals surface area contributed by atoms with Gasteiger partial charge in [-0.1, -0.05) is 23.2 Å². The van der Waals surface area contributed by atoms with Crippen LogP contribution in [-0.2, 0) is 0 Å². The highest BCUT2D eigenvalue weighted by molar-refractivity contribution is 6.33. The molecule has 0 aromatic heterocycles. The van der Waals surface area contributed by atoms with Gasteiger partial charge in [0.25, 0.3) is 0 Å². The van der Waals surface area contributed by atoms with E-state index in [-0.39, 0.29) is 5.92 Å². The lowest BCUT2D eigenvalue weighted by Crippen LogP contribution is -2.39. The van der Waals surface area contributed by atoms with E-state index in [1.807, 2.05) is 6.07 Å². The van der Waals surface area contributed by atoms with E-state index >= 15 is 0 Å². The van der Waals surface area contributed by atoms with Crippen LogP contribution < -0.4 is 11.1 Å². The molecule has 1 aliphatic heterocycles. The second-order valence-electron chi connectivity index (χ2n) is 3.47. The van der Waals surface area contributed by atoms with Gasteiger partial charge in [-0.2, -0.15) is 0 Å². The molecule has 0 saturated carbocycles. The Kier molecular flexibility index (Phi) is 3.03. The Hall–Kier alpha value is -0.930. The molecule has 3 nitrogen and oxygen atoms in total. The van der Waals surface area contributed by atoms with E-state index in [0.29, 0.717) is 17.5 Å². The summed E-state index contributed by atoms with van der Waals surface area (Å²) in [5.74, 6) is 0.730. The van der Waals surface area contributed by atoms with Gasteiger partial charge >= 0.3 is 0 Å². The zero-order valence-corrected chi connectivity index (χ0v) is 9.52. The van der Waals surface area contributed by atoms with Gasteiger partial charge in [0.1, 0.15) is 0 Å². The third kappa shape index (κ3) is 2.36. The van der Waals surface area contributed by atoms with Crippen molar-refractivity contribution in [3.63, 3.8) is 0 Å². The monoisotopic (exact) mass is 243 g/mol. The highest BCUT2D eigenvalue weighted by atomic mass is 35.5. The Bertz CT molecular complexity index is 404. The molecule has 80 valence electrons. The first-order valence-corrected chi connectivity index (χ1v) is 5.41. The third-order valence-electron chi connectivity index (χ3n) is 2.41. The van der Waals surface area contributed by atoms with Crippen molar-refractivity contribution in [2.24, 2.45) is 10.7 Å². The SMILES string of the molecule is NC1=NCC(c2cc(Cl)ccc2Cl)CN1. The molecule has 15 heavy (non-hydrogen) atoms. The van der Waals surface area contributed by atoms with E-state index in [9.17, 15) is 0 Å². The first-order chi connectivity index (χ1) is 7.16. The van der Waals surface area contributed by atoms with Crippen LogP contribution in [0.1, 0.15) is 11.5 Å². The second kappa shape index (κ2) is 4.29. The molecule has 0 bridgehead atoms. The maximum Gasteiger partial charge on any atom is 0.188 e. The molecule has 3 N–H and O–H groups in total. The average molecular weight is 244 g/mol. The molecule has 0 saturated heterocycles. The summed E-state index contributed by atoms with van der Waals surface area (Å²) in [6.45, 7) is 1.40. The minimum Gasteiger partial charge on any atom is -0.370 e. The molecule has 0 amide bonds. The number of halogens is 2. The van der Waals surface area contributed by atoms with Crippen LogP contribution in [0.3, 0.4) is 0 Å². The van der Waals surface area contributed by atoms with Gasteiger partial charge in [-0.25, -0.2) is 0 Å². The molecule has 1 heterocycles. The summed E-state index contributed by atoms with van der Waals surface area (Å²) >= 11 is 12.0. The van der Waals surface area contributed by atoms with E-state index in [1.165, 1.54) is 0 Å². The van der Waals surface area contributed by atoms with Crippen LogP contribution in [0, 0.1) is 0 Å². The highest BCUT2D eigenvalue weighted by Gasteiger charge is 2.18. The summed E-state index contributed by atoms with van der Waals surface area (Å²) in [7, 11) is 0. The minimum absolute atomic E-state index is 0.239. The summed E-state index contributed by atoms with van der Waals surface area (Å²) in [5, 5.41) is 4.42. The maximum absolute atomic E-state index is 6.10. The first-order valence-electron chi connectivity index (χ1n) is 4.65. The predicted molar refractivity (Wildman–Crippen MR) is 63.7 cm³/mol. The summed E-state index contributed by atoms with van der Waals surface area (Å²) in [4.78, 5) is 4.14. The molecule has 0 spiro atoms. The van der Waals surface area contributed by atoms with Gasteiger partial charge in [0.2, 0.25) is 0 Å². The minimum atomic E-state index is 0.239. The number of rotatable bonds is 1. The van der Waals surface area contributed by atoms with E-state index in [2.05, 4.69) is 10.3 Å². The number of hydrogen-bond donors (Lipinski definition) is 2. The second-order valence-corrected chi connectivity index (χ2v) is 4.31. The number of nitrogens with zero attached hydrogens (tertiary/aromatic N) is 1. The highest BCUT2D eigenvalue weighted by Crippen LogP contribution is 2.28. The largest absolute Gasteiger partial charge is 0.370 e. The molecule has 1 aliphatic rings. The van der Waals surface area contributed by atoms with E-state index in [0.717, 1.165) is 17.1 Å². The van der Waals surface area contributed by atoms with Crippen LogP contribution in [0.15, 0.2) is 23.2 Å². The number of nitrogens with two attached hydrogens (primary N) is 1. The lowest BCUT2D eigenvalue weighted by atomic mass is 9.98. The zero-order valence-electron chi connectivity index (χ0n) is 8.00. The van der Waals surface area contributed by atoms with Gasteiger partial charge in [0.15, 0.2) is 5.96 Å². The van der Waals surface area contributed by atoms with E-state index in [4.69, 9.17) is 28.9 Å². The van der Waals surface area contributed by atoms with Gasteiger partial charge in [0, 0.05) is 22.5 Å². The molecule has 1 aromatic rings. The fraction of sp³-hybridized carbons (Fsp3) is 0.300. The Morgan fingerprint density at radius 3 is 2.87 bits per heavy atom. The molecule has 1 aromatic carbocycles. The lowest BCUT2D eigenvalue weighted by molar-refractivity contribution is 0.635. The quantitative estimate of drug-likeness (QED) is 0.793. The van der Waals surface area contributed by atoms with Crippen molar-refractivity contribution in [1.29, 1.82) is 0 Å². The standard InChI is InChI=1S/C10H11Cl2N3/c11-7-1-2-9(12)8(3-7)6-4-14-10(13)15-5-6/h1-3,6H,4-5H2,(H3,13,14,15). The van der Waals surface area contributed by atoms with Crippen LogP contribution in [0.4, 0.5) is 0 Å². The number of hydrogen-bond acceptors (Lipinski definition) is 3. The van der Waals surface area contributed by atoms with Crippen molar-refractivity contribution in [1.82, 2.24) is 5.32 Å². The van der Waals surface area contributed by atoms with Crippen LogP contribution in [0.25, 0.3) is 0 Å². The Morgan fingerprint density at radius 2 is 2.20 bits per heavy atom. The zero-order chi connectivity index (χ0) is 10.8. The van der Waals surface area contributed by atoms with Crippen molar-refractivity contribution >= 4 is 29.2 Å². The summed E-state index contributed by atoms with van der Waals surface area (Å²) in [6, 6.07) is 5.47. The molecule has 1 atom stereocenters. The number of benzene rings is 1. The normalized spacial score (nSPS) is 20.7. The summed E-state index contributed by atoms with van der Waals surface area (Å²) < 4.78 is 0. The fourth-order valence-electron chi connectivity index (χ4n) is 1.59. The Morgan fingerprint density at radius 1 is 1.40 bits per heavy atom. The molecular weight excluding hydrogens is 233 g/mol. The van der Waals surface area contributed by atoms with E-state index < -0.39 is 0 Å². The lowest BCUT2D eigenvalue weighted by Gasteiger charge is -2.22. The average Bonchev–Trinajstić information content (AvgIpc) is 2.23. The van der Waals surface area contributed by atoms with Crippen LogP contribution in [-0.4, -0.2) is 19.0 Å². The van der Waals surface area contributed by atoms with Crippen molar-refractivity contribution in [2.45, 2.75) is 5.92 Å². The number of guanidine groups is 1. The molecule has 1 unspecified atom stereocenters. The topological polar surface area (TPSA) is 50.4 Å². The third-order valence-corrected chi connectivity index (χ3v) is 2.99. The van der Waals surface area contributed by atoms with Gasteiger partial charge in [0.05, 0.1) is 6.54 Å². The summed E-state index contributed by atoms with van der Waals surface area (Å²) in [5.41, 5.74) is 6.54. The van der Waals surface area contributed by atoms with Crippen LogP contribution in [0.5, 0.6) is 0 Å². The molecular formula is C10H11Cl2N3. The number of nitrogens with one attached hydrogen (secondary N) is 1. The van der Waals surface area contributed by atoms with Crippen molar-refractivity contribution < 1.29 is 0 Å². The molecule has 5 heteroatoms. The molecule has 0 radical (unpaired) electrons. The molecule has 0 aliphatic carbocycles. The van der Waals surface area contributed by atoms with Crippen molar-refractivity contribution in [2.75, 3.05) is 13.1 Å². The van der Waals surface area contributed by atoms with Gasteiger partial charge in [-0.15, -0.1) is 0 Å². The van der Waals surface area contributed by atoms with Crippen molar-refractivity contribution in [3.05, 3.63) is 33.8 Å². The van der Waals surface area contributed by atoms with Gasteiger partial charge < -0.3 is 11.1 Å². The summed E-state index contributed by atoms with van der Waals surface area (Å²) in [6.07, 6.45) is 0. The van der Waals surface area contributed by atoms with Gasteiger partial charge in [-0.3, -0.25) is 4.99 Å². The fourth-order valence-corrected chi connectivity index (χ4v) is 2.04. The number of aliphatic imine (C=N–C) groups is 1. The van der Waals surface area contributed by atoms with Crippen molar-refractivity contribution in [3.8, 4) is 0 Å². The molecule has 2 rings (SSSR count). The molecule has 0 fully saturated rings. The predicted octanol–water partition coefficient (Wildman–Crippen LogP) is 1.99.